The molecule has 1 heterocycles. The summed E-state index contributed by atoms with van der Waals surface area (Å²) >= 11 is 0. The maximum Gasteiger partial charge on any atom is 0.303 e. The number of aliphatic carboxylic acids is 1. The molecule has 0 saturated carbocycles. The number of carbonyl (C=O) groups is 2. The van der Waals surface area contributed by atoms with Crippen LogP contribution in [-0.2, 0) is 9.59 Å². The van der Waals surface area contributed by atoms with Gasteiger partial charge in [-0.2, -0.15) is 0 Å². The van der Waals surface area contributed by atoms with Gasteiger partial charge in [-0.1, -0.05) is 0 Å². The topological polar surface area (TPSA) is 77.8 Å². The molecule has 1 rings (SSSR count). The predicted molar refractivity (Wildman–Crippen MR) is 57.9 cm³/mol. The van der Waals surface area contributed by atoms with Gasteiger partial charge in [0.2, 0.25) is 5.91 Å². The van der Waals surface area contributed by atoms with Crippen molar-refractivity contribution in [3.8, 4) is 0 Å². The van der Waals surface area contributed by atoms with Gasteiger partial charge >= 0.3 is 5.97 Å². The van der Waals surface area contributed by atoms with Gasteiger partial charge in [-0.25, -0.2) is 0 Å². The fraction of sp³-hybridized carbons (Fsp3) is 0.818. The van der Waals surface area contributed by atoms with Crippen LogP contribution in [0.4, 0.5) is 0 Å². The van der Waals surface area contributed by atoms with Crippen LogP contribution in [0.1, 0.15) is 38.5 Å². The summed E-state index contributed by atoms with van der Waals surface area (Å²) in [4.78, 5) is 23.7. The lowest BCUT2D eigenvalue weighted by atomic mass is 10.1. The van der Waals surface area contributed by atoms with E-state index in [2.05, 4.69) is 0 Å². The summed E-state index contributed by atoms with van der Waals surface area (Å²) in [6.07, 6.45) is 2.77. The van der Waals surface area contributed by atoms with Crippen LogP contribution in [0.25, 0.3) is 0 Å². The zero-order valence-electron chi connectivity index (χ0n) is 9.39. The van der Waals surface area contributed by atoms with E-state index in [4.69, 9.17) is 5.11 Å². The van der Waals surface area contributed by atoms with E-state index in [1.54, 1.807) is 4.90 Å². The Morgan fingerprint density at radius 3 is 2.25 bits per heavy atom. The third kappa shape index (κ3) is 4.61. The Kier molecular flexibility index (Phi) is 5.25. The van der Waals surface area contributed by atoms with Crippen LogP contribution in [0.3, 0.4) is 0 Å². The molecule has 0 aromatic heterocycles. The van der Waals surface area contributed by atoms with Crippen molar-refractivity contribution in [1.82, 2.24) is 4.90 Å². The van der Waals surface area contributed by atoms with Gasteiger partial charge < -0.3 is 15.1 Å². The molecule has 1 saturated heterocycles. The molecular weight excluding hydrogens is 210 g/mol. The summed E-state index contributed by atoms with van der Waals surface area (Å²) in [5.74, 6) is -0.731. The third-order valence-corrected chi connectivity index (χ3v) is 2.85. The molecular formula is C11H19NO4. The minimum Gasteiger partial charge on any atom is -0.481 e. The highest BCUT2D eigenvalue weighted by molar-refractivity contribution is 5.76. The van der Waals surface area contributed by atoms with Crippen LogP contribution in [-0.4, -0.2) is 46.2 Å². The third-order valence-electron chi connectivity index (χ3n) is 2.85. The standard InChI is InChI=1S/C11H19NO4/c13-9-5-7-12(8-6-9)10(14)3-1-2-4-11(15)16/h9,13H,1-8H2,(H,15,16). The van der Waals surface area contributed by atoms with Crippen LogP contribution >= 0.6 is 0 Å². The van der Waals surface area contributed by atoms with Gasteiger partial charge in [0.1, 0.15) is 0 Å². The van der Waals surface area contributed by atoms with Crippen molar-refractivity contribution in [2.45, 2.75) is 44.6 Å². The number of hydrogen-bond donors (Lipinski definition) is 2. The van der Waals surface area contributed by atoms with Gasteiger partial charge in [-0.3, -0.25) is 9.59 Å². The van der Waals surface area contributed by atoms with Crippen LogP contribution in [0.2, 0.25) is 0 Å². The van der Waals surface area contributed by atoms with Crippen LogP contribution in [0.15, 0.2) is 0 Å². The van der Waals surface area contributed by atoms with E-state index in [9.17, 15) is 14.7 Å². The van der Waals surface area contributed by atoms with Crippen LogP contribution in [0, 0.1) is 0 Å². The molecule has 5 heteroatoms. The number of aliphatic hydroxyl groups excluding tert-OH is 1. The average molecular weight is 229 g/mol. The van der Waals surface area contributed by atoms with Crippen molar-refractivity contribution in [2.75, 3.05) is 13.1 Å². The number of piperidine rings is 1. The SMILES string of the molecule is O=C(O)CCCCC(=O)N1CCC(O)CC1. The molecule has 1 fully saturated rings. The first-order valence-electron chi connectivity index (χ1n) is 5.77. The number of hydrogen-bond acceptors (Lipinski definition) is 3. The molecule has 0 bridgehead atoms. The number of rotatable bonds is 5. The largest absolute Gasteiger partial charge is 0.481 e. The second kappa shape index (κ2) is 6.48. The Hall–Kier alpha value is -1.10. The number of amides is 1. The zero-order valence-corrected chi connectivity index (χ0v) is 9.39. The normalized spacial score (nSPS) is 17.4. The monoisotopic (exact) mass is 229 g/mol. The van der Waals surface area contributed by atoms with Crippen molar-refractivity contribution >= 4 is 11.9 Å². The lowest BCUT2D eigenvalue weighted by Gasteiger charge is -2.29. The van der Waals surface area contributed by atoms with Gasteiger partial charge in [0.05, 0.1) is 6.10 Å². The summed E-state index contributed by atoms with van der Waals surface area (Å²) in [5.41, 5.74) is 0. The van der Waals surface area contributed by atoms with Crippen molar-refractivity contribution in [1.29, 1.82) is 0 Å². The Morgan fingerprint density at radius 2 is 1.69 bits per heavy atom. The molecule has 0 aliphatic carbocycles. The fourth-order valence-electron chi connectivity index (χ4n) is 1.83. The van der Waals surface area contributed by atoms with Gasteiger partial charge in [0.15, 0.2) is 0 Å². The summed E-state index contributed by atoms with van der Waals surface area (Å²) in [6.45, 7) is 1.25. The van der Waals surface area contributed by atoms with Crippen LogP contribution < -0.4 is 0 Å². The average Bonchev–Trinajstić information content (AvgIpc) is 2.25. The number of carbonyl (C=O) groups excluding carboxylic acids is 1. The molecule has 1 aliphatic rings. The van der Waals surface area contributed by atoms with E-state index in [0.717, 1.165) is 0 Å². The summed E-state index contributed by atoms with van der Waals surface area (Å²) in [7, 11) is 0. The molecule has 0 spiro atoms. The van der Waals surface area contributed by atoms with Crippen LogP contribution in [0.5, 0.6) is 0 Å². The second-order valence-electron chi connectivity index (χ2n) is 4.21. The van der Waals surface area contributed by atoms with Gasteiger partial charge in [-0.05, 0) is 25.7 Å². The second-order valence-corrected chi connectivity index (χ2v) is 4.21. The quantitative estimate of drug-likeness (QED) is 0.677. The first-order chi connectivity index (χ1) is 7.59. The lowest BCUT2D eigenvalue weighted by molar-refractivity contribution is -0.138. The smallest absolute Gasteiger partial charge is 0.303 e. The zero-order chi connectivity index (χ0) is 12.0. The molecule has 5 nitrogen and oxygen atoms in total. The minimum absolute atomic E-state index is 0.0808. The molecule has 0 unspecified atom stereocenters. The number of likely N-dealkylation sites (tertiary alicyclic amines) is 1. The number of carboxylic acids is 1. The van der Waals surface area contributed by atoms with Crippen molar-refractivity contribution in [3.05, 3.63) is 0 Å². The first-order valence-corrected chi connectivity index (χ1v) is 5.77. The van der Waals surface area contributed by atoms with Gasteiger partial charge in [0.25, 0.3) is 0 Å². The van der Waals surface area contributed by atoms with E-state index >= 15 is 0 Å². The molecule has 92 valence electrons. The Bertz CT molecular complexity index is 246. The van der Waals surface area contributed by atoms with Crippen molar-refractivity contribution in [2.24, 2.45) is 0 Å². The molecule has 0 aromatic rings. The molecule has 1 amide bonds. The number of nitrogens with zero attached hydrogens (tertiary/aromatic N) is 1. The van der Waals surface area contributed by atoms with Crippen molar-refractivity contribution in [3.63, 3.8) is 0 Å². The van der Waals surface area contributed by atoms with E-state index in [-0.39, 0.29) is 18.4 Å². The highest BCUT2D eigenvalue weighted by Gasteiger charge is 2.20. The first kappa shape index (κ1) is 13.0. The minimum atomic E-state index is -0.812. The summed E-state index contributed by atoms with van der Waals surface area (Å²) in [6, 6.07) is 0. The van der Waals surface area contributed by atoms with E-state index in [0.29, 0.717) is 45.2 Å². The van der Waals surface area contributed by atoms with E-state index in [1.807, 2.05) is 0 Å². The lowest BCUT2D eigenvalue weighted by Crippen LogP contribution is -2.39. The number of aliphatic hydroxyl groups is 1. The maximum atomic E-state index is 11.6. The highest BCUT2D eigenvalue weighted by atomic mass is 16.4. The molecule has 1 aliphatic heterocycles. The number of unbranched alkanes of at least 4 members (excludes halogenated alkanes) is 1. The molecule has 0 atom stereocenters. The molecule has 0 radical (unpaired) electrons. The van der Waals surface area contributed by atoms with Gasteiger partial charge in [-0.15, -0.1) is 0 Å². The summed E-state index contributed by atoms with van der Waals surface area (Å²) < 4.78 is 0. The number of carboxylic acid groups (broad SMARTS) is 1. The Labute approximate surface area is 95.1 Å². The van der Waals surface area contributed by atoms with Crippen molar-refractivity contribution < 1.29 is 19.8 Å². The Morgan fingerprint density at radius 1 is 1.12 bits per heavy atom. The van der Waals surface area contributed by atoms with Gasteiger partial charge in [0, 0.05) is 25.9 Å². The van der Waals surface area contributed by atoms with E-state index < -0.39 is 5.97 Å². The Balaban J connectivity index is 2.12. The molecule has 2 N–H and O–H groups in total. The fourth-order valence-corrected chi connectivity index (χ4v) is 1.83. The predicted octanol–water partition coefficient (Wildman–Crippen LogP) is 0.615. The van der Waals surface area contributed by atoms with E-state index in [1.165, 1.54) is 0 Å². The summed E-state index contributed by atoms with van der Waals surface area (Å²) in [5, 5.41) is 17.7. The highest BCUT2D eigenvalue weighted by Crippen LogP contribution is 2.12. The molecule has 16 heavy (non-hydrogen) atoms. The molecule has 0 aromatic carbocycles. The maximum absolute atomic E-state index is 11.6.